The van der Waals surface area contributed by atoms with Crippen LogP contribution in [0.5, 0.6) is 0 Å². The minimum Gasteiger partial charge on any atom is -0.370 e. The molecule has 0 saturated carbocycles. The second-order valence-electron chi connectivity index (χ2n) is 4.30. The molecular weight excluding hydrogens is 261 g/mol. The minimum absolute atomic E-state index is 0.212. The summed E-state index contributed by atoms with van der Waals surface area (Å²) in [4.78, 5) is 15.4. The van der Waals surface area contributed by atoms with E-state index in [1.54, 1.807) is 24.3 Å². The summed E-state index contributed by atoms with van der Waals surface area (Å²) in [6.45, 7) is 0.540. The second-order valence-corrected chi connectivity index (χ2v) is 4.30. The molecule has 0 unspecified atom stereocenters. The second kappa shape index (κ2) is 5.12. The lowest BCUT2D eigenvalue weighted by molar-refractivity contribution is 0.610. The lowest BCUT2D eigenvalue weighted by Gasteiger charge is -2.06. The summed E-state index contributed by atoms with van der Waals surface area (Å²) in [7, 11) is 0. The van der Waals surface area contributed by atoms with E-state index in [-0.39, 0.29) is 11.5 Å². The Morgan fingerprint density at radius 3 is 3.05 bits per heavy atom. The molecule has 0 amide bonds. The van der Waals surface area contributed by atoms with Crippen molar-refractivity contribution in [3.8, 4) is 0 Å². The van der Waals surface area contributed by atoms with Crippen molar-refractivity contribution in [1.29, 1.82) is 0 Å². The maximum absolute atomic E-state index is 13.4. The van der Waals surface area contributed by atoms with Crippen LogP contribution in [0.1, 0.15) is 5.56 Å². The number of anilines is 1. The predicted molar refractivity (Wildman–Crippen MR) is 72.2 cm³/mol. The van der Waals surface area contributed by atoms with Crippen LogP contribution in [0.15, 0.2) is 41.5 Å². The summed E-state index contributed by atoms with van der Waals surface area (Å²) in [5.74, 6) is 0.379. The zero-order valence-corrected chi connectivity index (χ0v) is 10.5. The van der Waals surface area contributed by atoms with Gasteiger partial charge in [0.1, 0.15) is 18.0 Å². The molecule has 2 N–H and O–H groups in total. The smallest absolute Gasteiger partial charge is 0.348 e. The highest BCUT2D eigenvalue weighted by molar-refractivity contribution is 5.48. The van der Waals surface area contributed by atoms with Crippen LogP contribution < -0.4 is 11.0 Å². The van der Waals surface area contributed by atoms with E-state index in [1.807, 2.05) is 0 Å². The Balaban J connectivity index is 1.68. The third-order valence-electron chi connectivity index (χ3n) is 2.97. The van der Waals surface area contributed by atoms with E-state index < -0.39 is 0 Å². The van der Waals surface area contributed by atoms with E-state index in [0.717, 1.165) is 0 Å². The van der Waals surface area contributed by atoms with Crippen molar-refractivity contribution in [2.24, 2.45) is 0 Å². The molecule has 0 aliphatic carbocycles. The fourth-order valence-electron chi connectivity index (χ4n) is 1.93. The number of halogens is 1. The average molecular weight is 273 g/mol. The van der Waals surface area contributed by atoms with Gasteiger partial charge < -0.3 is 5.32 Å². The number of aromatic amines is 1. The summed E-state index contributed by atoms with van der Waals surface area (Å²) in [5, 5.41) is 9.25. The molecule has 0 saturated heterocycles. The molecule has 0 bridgehead atoms. The summed E-state index contributed by atoms with van der Waals surface area (Å²) in [6, 6.07) is 8.31. The van der Waals surface area contributed by atoms with Crippen molar-refractivity contribution < 1.29 is 4.39 Å². The molecule has 0 spiro atoms. The van der Waals surface area contributed by atoms with Gasteiger partial charge in [-0.05, 0) is 18.1 Å². The molecule has 102 valence electrons. The van der Waals surface area contributed by atoms with E-state index in [2.05, 4.69) is 20.5 Å². The molecule has 0 aliphatic rings. The number of H-pyrrole nitrogens is 1. The molecule has 20 heavy (non-hydrogen) atoms. The van der Waals surface area contributed by atoms with Gasteiger partial charge in [0.05, 0.1) is 0 Å². The molecule has 6 nitrogen and oxygen atoms in total. The third-order valence-corrected chi connectivity index (χ3v) is 2.97. The van der Waals surface area contributed by atoms with Crippen molar-refractivity contribution in [1.82, 2.24) is 19.6 Å². The number of hydrogen-bond donors (Lipinski definition) is 2. The maximum atomic E-state index is 13.4. The Hall–Kier alpha value is -2.70. The molecule has 0 radical (unpaired) electrons. The van der Waals surface area contributed by atoms with Crippen LogP contribution in [0, 0.1) is 5.82 Å². The van der Waals surface area contributed by atoms with E-state index >= 15 is 0 Å². The van der Waals surface area contributed by atoms with Gasteiger partial charge in [-0.15, -0.1) is 0 Å². The van der Waals surface area contributed by atoms with E-state index in [9.17, 15) is 9.18 Å². The molecule has 0 atom stereocenters. The van der Waals surface area contributed by atoms with Gasteiger partial charge in [-0.3, -0.25) is 0 Å². The van der Waals surface area contributed by atoms with Crippen molar-refractivity contribution in [3.05, 3.63) is 58.5 Å². The first-order chi connectivity index (χ1) is 9.74. The molecule has 1 aromatic carbocycles. The zero-order valence-electron chi connectivity index (χ0n) is 10.5. The topological polar surface area (TPSA) is 75.1 Å². The van der Waals surface area contributed by atoms with Gasteiger partial charge in [0.15, 0.2) is 5.65 Å². The van der Waals surface area contributed by atoms with Crippen molar-refractivity contribution in [3.63, 3.8) is 0 Å². The fourth-order valence-corrected chi connectivity index (χ4v) is 1.93. The van der Waals surface area contributed by atoms with Crippen LogP contribution in [0.4, 0.5) is 10.2 Å². The Kier molecular flexibility index (Phi) is 3.16. The van der Waals surface area contributed by atoms with Crippen LogP contribution >= 0.6 is 0 Å². The fraction of sp³-hybridized carbons (Fsp3) is 0.154. The van der Waals surface area contributed by atoms with Gasteiger partial charge in [-0.2, -0.15) is 5.10 Å². The van der Waals surface area contributed by atoms with Crippen LogP contribution in [0.2, 0.25) is 0 Å². The Morgan fingerprint density at radius 1 is 1.35 bits per heavy atom. The quantitative estimate of drug-likeness (QED) is 0.749. The van der Waals surface area contributed by atoms with E-state index in [1.165, 1.54) is 16.8 Å². The number of hydrogen-bond acceptors (Lipinski definition) is 4. The zero-order chi connectivity index (χ0) is 13.9. The first-order valence-corrected chi connectivity index (χ1v) is 6.14. The van der Waals surface area contributed by atoms with Gasteiger partial charge in [-0.25, -0.2) is 23.7 Å². The highest BCUT2D eigenvalue weighted by Crippen LogP contribution is 2.08. The van der Waals surface area contributed by atoms with Crippen molar-refractivity contribution >= 4 is 11.5 Å². The number of rotatable bonds is 4. The molecule has 2 aromatic heterocycles. The first kappa shape index (κ1) is 12.3. The molecule has 3 rings (SSSR count). The molecule has 3 aromatic rings. The normalized spacial score (nSPS) is 10.8. The number of fused-ring (bicyclic) bond motifs is 1. The van der Waals surface area contributed by atoms with Crippen LogP contribution in [0.25, 0.3) is 5.65 Å². The Labute approximate surface area is 113 Å². The summed E-state index contributed by atoms with van der Waals surface area (Å²) >= 11 is 0. The average Bonchev–Trinajstić information content (AvgIpc) is 2.82. The number of benzene rings is 1. The van der Waals surface area contributed by atoms with Crippen LogP contribution in [-0.2, 0) is 6.42 Å². The van der Waals surface area contributed by atoms with Gasteiger partial charge in [0.2, 0.25) is 0 Å². The number of nitrogens with zero attached hydrogens (tertiary/aromatic N) is 3. The molecule has 7 heteroatoms. The Bertz CT molecular complexity index is 795. The predicted octanol–water partition coefficient (Wildman–Crippen LogP) is 1.21. The van der Waals surface area contributed by atoms with E-state index in [0.29, 0.717) is 30.0 Å². The largest absolute Gasteiger partial charge is 0.370 e. The van der Waals surface area contributed by atoms with Crippen molar-refractivity contribution in [2.75, 3.05) is 11.9 Å². The number of nitrogens with one attached hydrogen (secondary N) is 2. The lowest BCUT2D eigenvalue weighted by Crippen LogP contribution is -2.11. The van der Waals surface area contributed by atoms with Crippen LogP contribution in [0.3, 0.4) is 0 Å². The van der Waals surface area contributed by atoms with Crippen molar-refractivity contribution in [2.45, 2.75) is 6.42 Å². The molecule has 2 heterocycles. The van der Waals surface area contributed by atoms with E-state index in [4.69, 9.17) is 0 Å². The summed E-state index contributed by atoms with van der Waals surface area (Å²) < 4.78 is 14.7. The van der Waals surface area contributed by atoms with Crippen LogP contribution in [-0.4, -0.2) is 26.1 Å². The SMILES string of the molecule is O=c1[nH]nc2cc(NCCc3ccccc3F)ncn12. The summed E-state index contributed by atoms with van der Waals surface area (Å²) in [6.07, 6.45) is 1.94. The molecule has 0 aliphatic heterocycles. The Morgan fingerprint density at radius 2 is 2.20 bits per heavy atom. The first-order valence-electron chi connectivity index (χ1n) is 6.14. The van der Waals surface area contributed by atoms with Gasteiger partial charge >= 0.3 is 5.69 Å². The van der Waals surface area contributed by atoms with Gasteiger partial charge in [0, 0.05) is 12.6 Å². The third kappa shape index (κ3) is 2.37. The summed E-state index contributed by atoms with van der Waals surface area (Å²) in [5.41, 5.74) is 0.806. The van der Waals surface area contributed by atoms with Gasteiger partial charge in [-0.1, -0.05) is 18.2 Å². The maximum Gasteiger partial charge on any atom is 0.348 e. The molecular formula is C13H12FN5O. The highest BCUT2D eigenvalue weighted by atomic mass is 19.1. The number of aromatic nitrogens is 4. The van der Waals surface area contributed by atoms with Gasteiger partial charge in [0.25, 0.3) is 0 Å². The molecule has 0 fully saturated rings. The standard InChI is InChI=1S/C13H12FN5O/c14-10-4-2-1-3-9(10)5-6-15-11-7-12-17-18-13(20)19(12)8-16-11/h1-4,7-8,15H,5-6H2,(H,18,20). The minimum atomic E-state index is -0.328. The lowest BCUT2D eigenvalue weighted by atomic mass is 10.1. The monoisotopic (exact) mass is 273 g/mol. The highest BCUT2D eigenvalue weighted by Gasteiger charge is 2.03.